The molecule has 3 rings (SSSR count). The standard InChI is InChI=1S/C16H16N2O3/c19-15-12(7-4-9-17-15)16(20)18-13-8-10-21-14(13)11-5-2-1-3-6-11/h1-7,9,13-14H,8,10H2,(H,17,19)(H,18,20). The van der Waals surface area contributed by atoms with Crippen molar-refractivity contribution < 1.29 is 9.53 Å². The Morgan fingerprint density at radius 2 is 2.00 bits per heavy atom. The van der Waals surface area contributed by atoms with E-state index < -0.39 is 0 Å². The van der Waals surface area contributed by atoms with Crippen LogP contribution in [0.25, 0.3) is 0 Å². The Morgan fingerprint density at radius 3 is 2.76 bits per heavy atom. The number of benzene rings is 1. The number of H-pyrrole nitrogens is 1. The fourth-order valence-electron chi connectivity index (χ4n) is 2.56. The van der Waals surface area contributed by atoms with Crippen molar-refractivity contribution in [3.05, 3.63) is 70.1 Å². The van der Waals surface area contributed by atoms with E-state index in [-0.39, 0.29) is 29.2 Å². The zero-order valence-corrected chi connectivity index (χ0v) is 11.4. The second-order valence-corrected chi connectivity index (χ2v) is 4.98. The van der Waals surface area contributed by atoms with Crippen LogP contribution in [0.1, 0.15) is 28.4 Å². The zero-order chi connectivity index (χ0) is 14.7. The highest BCUT2D eigenvalue weighted by Gasteiger charge is 2.31. The van der Waals surface area contributed by atoms with Crippen molar-refractivity contribution in [3.63, 3.8) is 0 Å². The van der Waals surface area contributed by atoms with Gasteiger partial charge in [0.15, 0.2) is 0 Å². The highest BCUT2D eigenvalue weighted by atomic mass is 16.5. The van der Waals surface area contributed by atoms with Crippen molar-refractivity contribution in [2.75, 3.05) is 6.61 Å². The highest BCUT2D eigenvalue weighted by Crippen LogP contribution is 2.28. The summed E-state index contributed by atoms with van der Waals surface area (Å²) in [4.78, 5) is 26.4. The number of pyridine rings is 1. The smallest absolute Gasteiger partial charge is 0.260 e. The van der Waals surface area contributed by atoms with E-state index in [1.54, 1.807) is 6.07 Å². The summed E-state index contributed by atoms with van der Waals surface area (Å²) in [6.07, 6.45) is 2.07. The molecule has 1 aliphatic rings. The maximum atomic E-state index is 12.2. The van der Waals surface area contributed by atoms with E-state index in [4.69, 9.17) is 4.74 Å². The average Bonchev–Trinajstić information content (AvgIpc) is 2.96. The third kappa shape index (κ3) is 2.87. The molecule has 5 heteroatoms. The van der Waals surface area contributed by atoms with Crippen molar-refractivity contribution in [1.29, 1.82) is 0 Å². The first-order valence-corrected chi connectivity index (χ1v) is 6.91. The predicted molar refractivity (Wildman–Crippen MR) is 78.1 cm³/mol. The van der Waals surface area contributed by atoms with Gasteiger partial charge in [-0.05, 0) is 24.1 Å². The largest absolute Gasteiger partial charge is 0.371 e. The summed E-state index contributed by atoms with van der Waals surface area (Å²) in [7, 11) is 0. The molecular weight excluding hydrogens is 268 g/mol. The lowest BCUT2D eigenvalue weighted by molar-refractivity contribution is 0.0820. The predicted octanol–water partition coefficient (Wildman–Crippen LogP) is 1.63. The first-order chi connectivity index (χ1) is 10.3. The number of carbonyl (C=O) groups is 1. The number of aromatic amines is 1. The van der Waals surface area contributed by atoms with Gasteiger partial charge < -0.3 is 15.0 Å². The van der Waals surface area contributed by atoms with Gasteiger partial charge in [-0.1, -0.05) is 30.3 Å². The molecule has 1 fully saturated rings. The summed E-state index contributed by atoms with van der Waals surface area (Å²) in [5, 5.41) is 2.90. The Bertz CT molecular complexity index is 681. The second kappa shape index (κ2) is 5.93. The molecule has 1 amide bonds. The number of rotatable bonds is 3. The molecule has 2 N–H and O–H groups in total. The topological polar surface area (TPSA) is 71.2 Å². The SMILES string of the molecule is O=C(NC1CCOC1c1ccccc1)c1ccc[nH]c1=O. The number of amides is 1. The molecule has 2 heterocycles. The Labute approximate surface area is 122 Å². The normalized spacial score (nSPS) is 21.1. The van der Waals surface area contributed by atoms with Crippen LogP contribution in [0.15, 0.2) is 53.5 Å². The number of aromatic nitrogens is 1. The molecule has 2 aromatic rings. The highest BCUT2D eigenvalue weighted by molar-refractivity contribution is 5.94. The van der Waals surface area contributed by atoms with Gasteiger partial charge in [0.2, 0.25) is 0 Å². The Hall–Kier alpha value is -2.40. The minimum absolute atomic E-state index is 0.121. The number of nitrogens with one attached hydrogen (secondary N) is 2. The van der Waals surface area contributed by atoms with Gasteiger partial charge in [-0.3, -0.25) is 9.59 Å². The third-order valence-electron chi connectivity index (χ3n) is 3.60. The van der Waals surface area contributed by atoms with Gasteiger partial charge in [-0.2, -0.15) is 0 Å². The van der Waals surface area contributed by atoms with E-state index in [2.05, 4.69) is 10.3 Å². The van der Waals surface area contributed by atoms with Gasteiger partial charge in [0.1, 0.15) is 11.7 Å². The third-order valence-corrected chi connectivity index (χ3v) is 3.60. The molecule has 0 saturated carbocycles. The van der Waals surface area contributed by atoms with Crippen LogP contribution < -0.4 is 10.9 Å². The molecule has 0 bridgehead atoms. The molecule has 2 atom stereocenters. The summed E-state index contributed by atoms with van der Waals surface area (Å²) in [6.45, 7) is 0.593. The van der Waals surface area contributed by atoms with Crippen molar-refractivity contribution in [1.82, 2.24) is 10.3 Å². The second-order valence-electron chi connectivity index (χ2n) is 4.98. The fourth-order valence-corrected chi connectivity index (χ4v) is 2.56. The summed E-state index contributed by atoms with van der Waals surface area (Å²) >= 11 is 0. The molecule has 21 heavy (non-hydrogen) atoms. The molecular formula is C16H16N2O3. The fraction of sp³-hybridized carbons (Fsp3) is 0.250. The van der Waals surface area contributed by atoms with Gasteiger partial charge in [-0.25, -0.2) is 0 Å². The average molecular weight is 284 g/mol. The van der Waals surface area contributed by atoms with Crippen molar-refractivity contribution in [2.45, 2.75) is 18.6 Å². The van der Waals surface area contributed by atoms with Gasteiger partial charge in [-0.15, -0.1) is 0 Å². The van der Waals surface area contributed by atoms with Gasteiger partial charge >= 0.3 is 0 Å². The van der Waals surface area contributed by atoms with E-state index in [1.165, 1.54) is 12.3 Å². The lowest BCUT2D eigenvalue weighted by Gasteiger charge is -2.20. The van der Waals surface area contributed by atoms with Gasteiger partial charge in [0, 0.05) is 12.8 Å². The van der Waals surface area contributed by atoms with Crippen LogP contribution >= 0.6 is 0 Å². The molecule has 2 unspecified atom stereocenters. The van der Waals surface area contributed by atoms with Crippen LogP contribution in [-0.4, -0.2) is 23.5 Å². The van der Waals surface area contributed by atoms with Crippen LogP contribution in [-0.2, 0) is 4.74 Å². The van der Waals surface area contributed by atoms with Crippen LogP contribution in [0.2, 0.25) is 0 Å². The summed E-state index contributed by atoms with van der Waals surface area (Å²) in [6, 6.07) is 12.8. The quantitative estimate of drug-likeness (QED) is 0.900. The number of carbonyl (C=O) groups excluding carboxylic acids is 1. The summed E-state index contributed by atoms with van der Waals surface area (Å²) in [5.74, 6) is -0.367. The van der Waals surface area contributed by atoms with E-state index in [1.807, 2.05) is 30.3 Å². The van der Waals surface area contributed by atoms with Crippen LogP contribution in [0.3, 0.4) is 0 Å². The monoisotopic (exact) mass is 284 g/mol. The Kier molecular flexibility index (Phi) is 3.83. The summed E-state index contributed by atoms with van der Waals surface area (Å²) in [5.41, 5.74) is 0.767. The number of ether oxygens (including phenoxy) is 1. The van der Waals surface area contributed by atoms with Crippen molar-refractivity contribution >= 4 is 5.91 Å². The number of hydrogen-bond acceptors (Lipinski definition) is 3. The lowest BCUT2D eigenvalue weighted by atomic mass is 10.0. The van der Waals surface area contributed by atoms with Crippen molar-refractivity contribution in [3.8, 4) is 0 Å². The molecule has 1 aromatic heterocycles. The van der Waals surface area contributed by atoms with E-state index in [9.17, 15) is 9.59 Å². The van der Waals surface area contributed by atoms with Crippen LogP contribution in [0.5, 0.6) is 0 Å². The molecule has 5 nitrogen and oxygen atoms in total. The minimum atomic E-state index is -0.384. The van der Waals surface area contributed by atoms with E-state index in [0.29, 0.717) is 6.61 Å². The molecule has 0 radical (unpaired) electrons. The van der Waals surface area contributed by atoms with Gasteiger partial charge in [0.05, 0.1) is 6.04 Å². The van der Waals surface area contributed by atoms with Crippen LogP contribution in [0.4, 0.5) is 0 Å². The van der Waals surface area contributed by atoms with Crippen LogP contribution in [0, 0.1) is 0 Å². The molecule has 1 aromatic carbocycles. The first-order valence-electron chi connectivity index (χ1n) is 6.91. The van der Waals surface area contributed by atoms with Crippen molar-refractivity contribution in [2.24, 2.45) is 0 Å². The molecule has 1 saturated heterocycles. The van der Waals surface area contributed by atoms with Gasteiger partial charge in [0.25, 0.3) is 11.5 Å². The first kappa shape index (κ1) is 13.6. The summed E-state index contributed by atoms with van der Waals surface area (Å²) < 4.78 is 5.72. The Balaban J connectivity index is 1.77. The molecule has 0 spiro atoms. The Morgan fingerprint density at radius 1 is 1.19 bits per heavy atom. The maximum Gasteiger partial charge on any atom is 0.260 e. The minimum Gasteiger partial charge on any atom is -0.371 e. The molecule has 108 valence electrons. The van der Waals surface area contributed by atoms with E-state index in [0.717, 1.165) is 12.0 Å². The molecule has 1 aliphatic heterocycles. The maximum absolute atomic E-state index is 12.2. The number of hydrogen-bond donors (Lipinski definition) is 2. The lowest BCUT2D eigenvalue weighted by Crippen LogP contribution is -2.39. The van der Waals surface area contributed by atoms with E-state index >= 15 is 0 Å². The molecule has 0 aliphatic carbocycles. The zero-order valence-electron chi connectivity index (χ0n) is 11.4.